The third-order valence-corrected chi connectivity index (χ3v) is 8.37. The Balaban J connectivity index is 1.63. The van der Waals surface area contributed by atoms with Crippen LogP contribution < -0.4 is 10.1 Å². The van der Waals surface area contributed by atoms with E-state index in [2.05, 4.69) is 35.1 Å². The molecule has 1 aromatic rings. The van der Waals surface area contributed by atoms with E-state index in [-0.39, 0.29) is 18.4 Å². The van der Waals surface area contributed by atoms with Crippen LogP contribution in [0.25, 0.3) is 0 Å². The zero-order chi connectivity index (χ0) is 21.9. The molecule has 0 aliphatic carbocycles. The van der Waals surface area contributed by atoms with Gasteiger partial charge in [0.25, 0.3) is 10.2 Å². The number of piperidine rings is 2. The van der Waals surface area contributed by atoms with E-state index in [1.54, 1.807) is 11.4 Å². The summed E-state index contributed by atoms with van der Waals surface area (Å²) in [6.45, 7) is 6.37. The molecule has 1 aromatic carbocycles. The lowest BCUT2D eigenvalue weighted by molar-refractivity contribution is -0.126. The monoisotopic (exact) mass is 501 g/mol. The van der Waals surface area contributed by atoms with Gasteiger partial charge in [0, 0.05) is 42.8 Å². The number of nitrogens with one attached hydrogen (secondary N) is 1. The molecule has 7 nitrogen and oxygen atoms in total. The van der Waals surface area contributed by atoms with Gasteiger partial charge < -0.3 is 10.1 Å². The second-order valence-corrected chi connectivity index (χ2v) is 11.5. The average molecular weight is 502 g/mol. The normalized spacial score (nSPS) is 26.3. The van der Waals surface area contributed by atoms with Crippen molar-refractivity contribution in [3.05, 3.63) is 28.2 Å². The molecule has 0 radical (unpaired) electrons. The van der Waals surface area contributed by atoms with E-state index in [4.69, 9.17) is 4.74 Å². The van der Waals surface area contributed by atoms with E-state index >= 15 is 0 Å². The fourth-order valence-electron chi connectivity index (χ4n) is 4.54. The standard InChI is InChI=1S/C21H32BrN3O4S/c1-15-9-16(2)13-25(12-15)30(27,28)24-8-4-5-17(14-24)21(26)23-11-18-10-19(22)6-7-20(18)29-3/h6-7,10,15-17H,4-5,8-9,11-14H2,1-3H3,(H,23,26)/t15-,16-,17+/m0/s1. The summed E-state index contributed by atoms with van der Waals surface area (Å²) in [6, 6.07) is 5.65. The van der Waals surface area contributed by atoms with Crippen molar-refractivity contribution in [2.24, 2.45) is 17.8 Å². The van der Waals surface area contributed by atoms with Crippen LogP contribution >= 0.6 is 15.9 Å². The molecule has 30 heavy (non-hydrogen) atoms. The SMILES string of the molecule is COc1ccc(Br)cc1CNC(=O)[C@@H]1CCCN(S(=O)(=O)N2C[C@@H](C)C[C@H](C)C2)C1. The molecule has 2 heterocycles. The van der Waals surface area contributed by atoms with Crippen molar-refractivity contribution >= 4 is 32.0 Å². The molecule has 0 aromatic heterocycles. The summed E-state index contributed by atoms with van der Waals surface area (Å²) in [5.74, 6) is 0.962. The molecule has 0 saturated carbocycles. The van der Waals surface area contributed by atoms with Gasteiger partial charge >= 0.3 is 0 Å². The quantitative estimate of drug-likeness (QED) is 0.649. The maximum atomic E-state index is 13.2. The molecule has 3 atom stereocenters. The number of hydrogen-bond acceptors (Lipinski definition) is 4. The Hall–Kier alpha value is -1.16. The van der Waals surface area contributed by atoms with Gasteiger partial charge in [-0.15, -0.1) is 0 Å². The van der Waals surface area contributed by atoms with Gasteiger partial charge in [-0.25, -0.2) is 0 Å². The molecular weight excluding hydrogens is 470 g/mol. The molecule has 0 unspecified atom stereocenters. The Morgan fingerprint density at radius 2 is 1.90 bits per heavy atom. The summed E-state index contributed by atoms with van der Waals surface area (Å²) in [5, 5.41) is 2.96. The molecule has 2 fully saturated rings. The van der Waals surface area contributed by atoms with Crippen LogP contribution in [0.1, 0.15) is 38.7 Å². The predicted molar refractivity (Wildman–Crippen MR) is 120 cm³/mol. The van der Waals surface area contributed by atoms with E-state index in [0.717, 1.165) is 16.5 Å². The topological polar surface area (TPSA) is 79.0 Å². The zero-order valence-electron chi connectivity index (χ0n) is 17.9. The second-order valence-electron chi connectivity index (χ2n) is 8.64. The molecule has 1 N–H and O–H groups in total. The molecule has 2 saturated heterocycles. The van der Waals surface area contributed by atoms with E-state index in [1.165, 1.54) is 4.31 Å². The Morgan fingerprint density at radius 3 is 2.57 bits per heavy atom. The van der Waals surface area contributed by atoms with Crippen molar-refractivity contribution in [2.45, 2.75) is 39.7 Å². The molecule has 3 rings (SSSR count). The van der Waals surface area contributed by atoms with Crippen molar-refractivity contribution < 1.29 is 17.9 Å². The Kier molecular flexibility index (Phi) is 7.81. The molecule has 2 aliphatic rings. The predicted octanol–water partition coefficient (Wildman–Crippen LogP) is 3.01. The molecule has 1 amide bonds. The number of nitrogens with zero attached hydrogens (tertiary/aromatic N) is 2. The summed E-state index contributed by atoms with van der Waals surface area (Å²) in [5.41, 5.74) is 0.872. The van der Waals surface area contributed by atoms with E-state index in [9.17, 15) is 13.2 Å². The van der Waals surface area contributed by atoms with Gasteiger partial charge in [-0.3, -0.25) is 4.79 Å². The van der Waals surface area contributed by atoms with Crippen LogP contribution in [0.15, 0.2) is 22.7 Å². The summed E-state index contributed by atoms with van der Waals surface area (Å²) in [7, 11) is -1.94. The minimum Gasteiger partial charge on any atom is -0.496 e. The maximum absolute atomic E-state index is 13.2. The van der Waals surface area contributed by atoms with Gasteiger partial charge in [-0.1, -0.05) is 29.8 Å². The molecule has 9 heteroatoms. The molecule has 0 bridgehead atoms. The van der Waals surface area contributed by atoms with E-state index in [1.807, 2.05) is 18.2 Å². The number of halogens is 1. The summed E-state index contributed by atoms with van der Waals surface area (Å²) in [4.78, 5) is 12.8. The van der Waals surface area contributed by atoms with Crippen molar-refractivity contribution in [3.63, 3.8) is 0 Å². The average Bonchev–Trinajstić information content (AvgIpc) is 2.71. The number of amides is 1. The number of carbonyl (C=O) groups is 1. The first-order valence-corrected chi connectivity index (χ1v) is 12.7. The highest BCUT2D eigenvalue weighted by atomic mass is 79.9. The van der Waals surface area contributed by atoms with Crippen molar-refractivity contribution in [1.29, 1.82) is 0 Å². The van der Waals surface area contributed by atoms with Crippen LogP contribution in [-0.4, -0.2) is 56.2 Å². The number of methoxy groups -OCH3 is 1. The fraction of sp³-hybridized carbons (Fsp3) is 0.667. The van der Waals surface area contributed by atoms with Gasteiger partial charge in [-0.05, 0) is 49.3 Å². The van der Waals surface area contributed by atoms with Crippen LogP contribution in [0.5, 0.6) is 5.75 Å². The van der Waals surface area contributed by atoms with Gasteiger partial charge in [0.1, 0.15) is 5.75 Å². The lowest BCUT2D eigenvalue weighted by atomic mass is 9.94. The lowest BCUT2D eigenvalue weighted by Gasteiger charge is -2.39. The molecule has 0 spiro atoms. The van der Waals surface area contributed by atoms with Crippen molar-refractivity contribution in [3.8, 4) is 5.75 Å². The second kappa shape index (κ2) is 9.97. The van der Waals surface area contributed by atoms with Gasteiger partial charge in [0.2, 0.25) is 5.91 Å². The number of carbonyl (C=O) groups excluding carboxylic acids is 1. The number of rotatable bonds is 6. The fourth-order valence-corrected chi connectivity index (χ4v) is 6.88. The highest BCUT2D eigenvalue weighted by molar-refractivity contribution is 9.10. The van der Waals surface area contributed by atoms with Crippen LogP contribution in [0, 0.1) is 17.8 Å². The minimum absolute atomic E-state index is 0.114. The highest BCUT2D eigenvalue weighted by Gasteiger charge is 2.38. The number of hydrogen-bond donors (Lipinski definition) is 1. The largest absolute Gasteiger partial charge is 0.496 e. The number of benzene rings is 1. The molecule has 168 valence electrons. The van der Waals surface area contributed by atoms with Crippen LogP contribution in [-0.2, 0) is 21.5 Å². The molecule has 2 aliphatic heterocycles. The van der Waals surface area contributed by atoms with Gasteiger partial charge in [0.15, 0.2) is 0 Å². The van der Waals surface area contributed by atoms with Crippen LogP contribution in [0.2, 0.25) is 0 Å². The Morgan fingerprint density at radius 1 is 1.20 bits per heavy atom. The smallest absolute Gasteiger partial charge is 0.282 e. The van der Waals surface area contributed by atoms with Gasteiger partial charge in [0.05, 0.1) is 13.0 Å². The Bertz CT molecular complexity index is 854. The zero-order valence-corrected chi connectivity index (χ0v) is 20.3. The summed E-state index contributed by atoms with van der Waals surface area (Å²) in [6.07, 6.45) is 2.44. The summed E-state index contributed by atoms with van der Waals surface area (Å²) >= 11 is 3.44. The molecular formula is C21H32BrN3O4S. The van der Waals surface area contributed by atoms with E-state index < -0.39 is 10.2 Å². The Labute approximate surface area is 188 Å². The summed E-state index contributed by atoms with van der Waals surface area (Å²) < 4.78 is 35.8. The first kappa shape index (κ1) is 23.5. The van der Waals surface area contributed by atoms with Crippen LogP contribution in [0.3, 0.4) is 0 Å². The van der Waals surface area contributed by atoms with E-state index in [0.29, 0.717) is 56.6 Å². The lowest BCUT2D eigenvalue weighted by Crippen LogP contribution is -2.53. The maximum Gasteiger partial charge on any atom is 0.282 e. The van der Waals surface area contributed by atoms with Crippen LogP contribution in [0.4, 0.5) is 0 Å². The third kappa shape index (κ3) is 5.55. The van der Waals surface area contributed by atoms with Crippen molar-refractivity contribution in [2.75, 3.05) is 33.3 Å². The highest BCUT2D eigenvalue weighted by Crippen LogP contribution is 2.28. The van der Waals surface area contributed by atoms with Gasteiger partial charge in [-0.2, -0.15) is 17.0 Å². The minimum atomic E-state index is -3.54. The number of ether oxygens (including phenoxy) is 1. The first-order chi connectivity index (χ1) is 14.2. The third-order valence-electron chi connectivity index (χ3n) is 5.94. The first-order valence-electron chi connectivity index (χ1n) is 10.6. The van der Waals surface area contributed by atoms with Crippen molar-refractivity contribution in [1.82, 2.24) is 13.9 Å².